The molecule has 0 unspecified atom stereocenters. The topological polar surface area (TPSA) is 77.0 Å². The van der Waals surface area contributed by atoms with Gasteiger partial charge in [0.05, 0.1) is 12.7 Å². The minimum atomic E-state index is -0.272. The number of aryl methyl sites for hydroxylation is 2. The number of aromatic nitrogens is 3. The number of ether oxygens (including phenoxy) is 1. The third kappa shape index (κ3) is 4.68. The molecule has 0 saturated carbocycles. The third-order valence-electron chi connectivity index (χ3n) is 4.17. The maximum absolute atomic E-state index is 12.8. The lowest BCUT2D eigenvalue weighted by Crippen LogP contribution is -2.13. The van der Waals surface area contributed by atoms with E-state index in [1.807, 2.05) is 13.0 Å². The van der Waals surface area contributed by atoms with Crippen LogP contribution < -0.4 is 10.1 Å². The van der Waals surface area contributed by atoms with Gasteiger partial charge in [-0.2, -0.15) is 0 Å². The predicted molar refractivity (Wildman–Crippen MR) is 107 cm³/mol. The van der Waals surface area contributed by atoms with Crippen LogP contribution in [0.15, 0.2) is 36.5 Å². The SMILES string of the molecule is CCCCc1ccc(-c2cc(C)ncc2C(=O)Nc2nnc(OC)s2)cc1. The molecule has 3 aromatic rings. The molecule has 1 amide bonds. The van der Waals surface area contributed by atoms with Gasteiger partial charge in [-0.15, -0.1) is 5.10 Å². The first-order chi connectivity index (χ1) is 13.1. The van der Waals surface area contributed by atoms with Crippen LogP contribution in [0.4, 0.5) is 5.13 Å². The molecule has 0 radical (unpaired) electrons. The number of carbonyl (C=O) groups excluding carboxylic acids is 1. The van der Waals surface area contributed by atoms with E-state index < -0.39 is 0 Å². The Kier molecular flexibility index (Phi) is 6.13. The molecule has 0 aliphatic heterocycles. The van der Waals surface area contributed by atoms with E-state index in [2.05, 4.69) is 51.7 Å². The van der Waals surface area contributed by atoms with Crippen LogP contribution >= 0.6 is 11.3 Å². The molecule has 1 N–H and O–H groups in total. The number of methoxy groups -OCH3 is 1. The van der Waals surface area contributed by atoms with Crippen LogP contribution in [-0.2, 0) is 6.42 Å². The quantitative estimate of drug-likeness (QED) is 0.650. The Morgan fingerprint density at radius 1 is 1.22 bits per heavy atom. The number of amides is 1. The molecule has 0 spiro atoms. The van der Waals surface area contributed by atoms with E-state index >= 15 is 0 Å². The Hall–Kier alpha value is -2.80. The lowest BCUT2D eigenvalue weighted by Gasteiger charge is -2.10. The molecule has 27 heavy (non-hydrogen) atoms. The zero-order chi connectivity index (χ0) is 19.2. The van der Waals surface area contributed by atoms with Crippen molar-refractivity contribution in [2.24, 2.45) is 0 Å². The third-order valence-corrected chi connectivity index (χ3v) is 4.97. The van der Waals surface area contributed by atoms with Crippen molar-refractivity contribution in [2.75, 3.05) is 12.4 Å². The van der Waals surface area contributed by atoms with Crippen molar-refractivity contribution in [3.05, 3.63) is 53.3 Å². The van der Waals surface area contributed by atoms with Crippen molar-refractivity contribution in [3.63, 3.8) is 0 Å². The number of hydrogen-bond donors (Lipinski definition) is 1. The Morgan fingerprint density at radius 3 is 2.67 bits per heavy atom. The zero-order valence-corrected chi connectivity index (χ0v) is 16.5. The van der Waals surface area contributed by atoms with Crippen molar-refractivity contribution in [1.82, 2.24) is 15.2 Å². The summed E-state index contributed by atoms with van der Waals surface area (Å²) in [5.41, 5.74) is 4.49. The van der Waals surface area contributed by atoms with Crippen LogP contribution in [0.25, 0.3) is 11.1 Å². The first-order valence-electron chi connectivity index (χ1n) is 8.85. The Balaban J connectivity index is 1.87. The molecule has 140 valence electrons. The number of benzene rings is 1. The van der Waals surface area contributed by atoms with Gasteiger partial charge in [0.15, 0.2) is 0 Å². The van der Waals surface area contributed by atoms with Crippen molar-refractivity contribution in [2.45, 2.75) is 33.1 Å². The number of rotatable bonds is 7. The van der Waals surface area contributed by atoms with Gasteiger partial charge in [-0.05, 0) is 53.9 Å². The number of nitrogens with zero attached hydrogens (tertiary/aromatic N) is 3. The Bertz CT molecular complexity index is 922. The zero-order valence-electron chi connectivity index (χ0n) is 15.7. The van der Waals surface area contributed by atoms with Gasteiger partial charge in [-0.1, -0.05) is 42.7 Å². The molecule has 0 atom stereocenters. The number of pyridine rings is 1. The second kappa shape index (κ2) is 8.73. The number of hydrogen-bond acceptors (Lipinski definition) is 6. The summed E-state index contributed by atoms with van der Waals surface area (Å²) < 4.78 is 5.01. The monoisotopic (exact) mass is 382 g/mol. The largest absolute Gasteiger partial charge is 0.472 e. The minimum absolute atomic E-state index is 0.272. The summed E-state index contributed by atoms with van der Waals surface area (Å²) in [5.74, 6) is -0.272. The minimum Gasteiger partial charge on any atom is -0.472 e. The number of anilines is 1. The van der Waals surface area contributed by atoms with Gasteiger partial charge in [0.2, 0.25) is 5.13 Å². The van der Waals surface area contributed by atoms with E-state index in [1.165, 1.54) is 36.9 Å². The van der Waals surface area contributed by atoms with Crippen LogP contribution in [0.1, 0.15) is 41.4 Å². The highest BCUT2D eigenvalue weighted by Crippen LogP contribution is 2.27. The highest BCUT2D eigenvalue weighted by molar-refractivity contribution is 7.17. The molecule has 2 heterocycles. The van der Waals surface area contributed by atoms with E-state index in [0.717, 1.165) is 23.2 Å². The second-order valence-corrected chi connectivity index (χ2v) is 7.14. The van der Waals surface area contributed by atoms with Crippen molar-refractivity contribution in [1.29, 1.82) is 0 Å². The first-order valence-corrected chi connectivity index (χ1v) is 9.67. The summed E-state index contributed by atoms with van der Waals surface area (Å²) >= 11 is 1.17. The van der Waals surface area contributed by atoms with Crippen molar-refractivity contribution < 1.29 is 9.53 Å². The second-order valence-electron chi connectivity index (χ2n) is 6.20. The van der Waals surface area contributed by atoms with Gasteiger partial charge in [-0.3, -0.25) is 15.1 Å². The molecule has 6 nitrogen and oxygen atoms in total. The van der Waals surface area contributed by atoms with Gasteiger partial charge in [0.25, 0.3) is 11.1 Å². The average Bonchev–Trinajstić information content (AvgIpc) is 3.14. The highest BCUT2D eigenvalue weighted by atomic mass is 32.1. The van der Waals surface area contributed by atoms with Crippen LogP contribution in [0.5, 0.6) is 5.19 Å². The van der Waals surface area contributed by atoms with E-state index in [4.69, 9.17) is 4.74 Å². The molecule has 0 aliphatic carbocycles. The molecule has 0 fully saturated rings. The summed E-state index contributed by atoms with van der Waals surface area (Å²) in [6.45, 7) is 4.10. The fourth-order valence-corrected chi connectivity index (χ4v) is 3.27. The average molecular weight is 382 g/mol. The van der Waals surface area contributed by atoms with E-state index in [-0.39, 0.29) is 5.91 Å². The lowest BCUT2D eigenvalue weighted by atomic mass is 9.98. The molecule has 0 aliphatic rings. The molecular formula is C20H22N4O2S. The van der Waals surface area contributed by atoms with Crippen LogP contribution in [0, 0.1) is 6.92 Å². The molecule has 7 heteroatoms. The molecule has 0 bridgehead atoms. The maximum Gasteiger partial charge on any atom is 0.295 e. The molecule has 0 saturated heterocycles. The van der Waals surface area contributed by atoms with E-state index in [1.54, 1.807) is 6.20 Å². The summed E-state index contributed by atoms with van der Waals surface area (Å²) in [6, 6.07) is 10.3. The standard InChI is InChI=1S/C20H22N4O2S/c1-4-5-6-14-7-9-15(10-8-14)16-11-13(2)21-12-17(16)18(25)22-19-23-24-20(26-3)27-19/h7-12H,4-6H2,1-3H3,(H,22,23,25). The molecule has 2 aromatic heterocycles. The van der Waals surface area contributed by atoms with E-state index in [9.17, 15) is 4.79 Å². The molecule has 3 rings (SSSR count). The summed E-state index contributed by atoms with van der Waals surface area (Å²) in [7, 11) is 1.51. The smallest absolute Gasteiger partial charge is 0.295 e. The molecular weight excluding hydrogens is 360 g/mol. The van der Waals surface area contributed by atoms with Gasteiger partial charge >= 0.3 is 0 Å². The van der Waals surface area contributed by atoms with Crippen LogP contribution in [0.2, 0.25) is 0 Å². The van der Waals surface area contributed by atoms with Gasteiger partial charge in [0, 0.05) is 11.9 Å². The van der Waals surface area contributed by atoms with Crippen LogP contribution in [-0.4, -0.2) is 28.2 Å². The fourth-order valence-electron chi connectivity index (χ4n) is 2.72. The van der Waals surface area contributed by atoms with Crippen LogP contribution in [0.3, 0.4) is 0 Å². The lowest BCUT2D eigenvalue weighted by molar-refractivity contribution is 0.102. The van der Waals surface area contributed by atoms with Gasteiger partial charge in [0.1, 0.15) is 0 Å². The maximum atomic E-state index is 12.8. The normalized spacial score (nSPS) is 10.6. The van der Waals surface area contributed by atoms with Gasteiger partial charge < -0.3 is 4.74 Å². The predicted octanol–water partition coefficient (Wildman–Crippen LogP) is 4.51. The summed E-state index contributed by atoms with van der Waals surface area (Å²) in [5, 5.41) is 11.3. The van der Waals surface area contributed by atoms with Crippen molar-refractivity contribution in [3.8, 4) is 16.3 Å². The molecule has 1 aromatic carbocycles. The fraction of sp³-hybridized carbons (Fsp3) is 0.300. The summed E-state index contributed by atoms with van der Waals surface area (Å²) in [4.78, 5) is 17.1. The Morgan fingerprint density at radius 2 is 2.00 bits per heavy atom. The van der Waals surface area contributed by atoms with Crippen molar-refractivity contribution >= 4 is 22.4 Å². The van der Waals surface area contributed by atoms with Gasteiger partial charge in [-0.25, -0.2) is 0 Å². The Labute approximate surface area is 162 Å². The number of nitrogens with one attached hydrogen (secondary N) is 1. The van der Waals surface area contributed by atoms with E-state index in [0.29, 0.717) is 15.9 Å². The number of unbranched alkanes of at least 4 members (excludes halogenated alkanes) is 1. The number of carbonyl (C=O) groups is 1. The summed E-state index contributed by atoms with van der Waals surface area (Å²) in [6.07, 6.45) is 5.01. The highest BCUT2D eigenvalue weighted by Gasteiger charge is 2.16. The first kappa shape index (κ1) is 19.0.